The normalized spacial score (nSPS) is 17.1. The molecule has 0 radical (unpaired) electrons. The van der Waals surface area contributed by atoms with Gasteiger partial charge in [0.15, 0.2) is 0 Å². The quantitative estimate of drug-likeness (QED) is 0.331. The summed E-state index contributed by atoms with van der Waals surface area (Å²) in [5, 5.41) is 19.3. The lowest BCUT2D eigenvalue weighted by Crippen LogP contribution is -2.25. The molecule has 7 heteroatoms. The smallest absolute Gasteiger partial charge is 0.269 e. The molecular formula is C21H23N3O4. The average Bonchev–Trinajstić information content (AvgIpc) is 3.19. The molecule has 28 heavy (non-hydrogen) atoms. The van der Waals surface area contributed by atoms with E-state index in [0.717, 1.165) is 43.5 Å². The number of hydroxylamine groups is 1. The molecular weight excluding hydrogens is 358 g/mol. The topological polar surface area (TPSA) is 95.7 Å². The number of rotatable bonds is 7. The molecule has 7 nitrogen and oxygen atoms in total. The standard InChI is InChI=1S/C21H23N3O4/c25-21(22-26)12-7-16-3-8-18(9-4-16)20-2-1-14-23(20)15-13-17-5-10-19(11-6-17)24(27)28/h3-12,20,26H,1-2,13-15H2,(H,22,25). The maximum absolute atomic E-state index is 11.1. The molecule has 1 saturated heterocycles. The van der Waals surface area contributed by atoms with E-state index >= 15 is 0 Å². The number of nitrogens with one attached hydrogen (secondary N) is 1. The van der Waals surface area contributed by atoms with Crippen LogP contribution < -0.4 is 5.48 Å². The SMILES string of the molecule is O=C(C=Cc1ccc(C2CCCN2CCc2ccc([N+](=O)[O-])cc2)cc1)NO. The molecule has 1 heterocycles. The van der Waals surface area contributed by atoms with Crippen molar-refractivity contribution >= 4 is 17.7 Å². The molecule has 3 rings (SSSR count). The molecule has 1 aliphatic rings. The zero-order chi connectivity index (χ0) is 19.9. The van der Waals surface area contributed by atoms with Gasteiger partial charge in [-0.3, -0.25) is 25.0 Å². The van der Waals surface area contributed by atoms with Gasteiger partial charge in [-0.1, -0.05) is 36.4 Å². The van der Waals surface area contributed by atoms with Crippen molar-refractivity contribution in [1.29, 1.82) is 0 Å². The van der Waals surface area contributed by atoms with E-state index < -0.39 is 5.91 Å². The van der Waals surface area contributed by atoms with Gasteiger partial charge in [0.2, 0.25) is 0 Å². The number of carbonyl (C=O) groups excluding carboxylic acids is 1. The molecule has 2 aromatic carbocycles. The third-order valence-electron chi connectivity index (χ3n) is 5.06. The monoisotopic (exact) mass is 381 g/mol. The number of benzene rings is 2. The van der Waals surface area contributed by atoms with Gasteiger partial charge in [0.05, 0.1) is 4.92 Å². The molecule has 2 N–H and O–H groups in total. The number of likely N-dealkylation sites (tertiary alicyclic amines) is 1. The summed E-state index contributed by atoms with van der Waals surface area (Å²) in [4.78, 5) is 23.9. The van der Waals surface area contributed by atoms with Gasteiger partial charge in [0, 0.05) is 30.8 Å². The second-order valence-corrected chi connectivity index (χ2v) is 6.84. The van der Waals surface area contributed by atoms with Gasteiger partial charge in [0.1, 0.15) is 0 Å². The molecule has 1 amide bonds. The summed E-state index contributed by atoms with van der Waals surface area (Å²) in [5.41, 5.74) is 4.91. The second-order valence-electron chi connectivity index (χ2n) is 6.84. The van der Waals surface area contributed by atoms with E-state index in [1.54, 1.807) is 23.7 Å². The van der Waals surface area contributed by atoms with Gasteiger partial charge < -0.3 is 0 Å². The van der Waals surface area contributed by atoms with Gasteiger partial charge in [-0.2, -0.15) is 0 Å². The third kappa shape index (κ3) is 5.03. The fourth-order valence-corrected chi connectivity index (χ4v) is 3.57. The lowest BCUT2D eigenvalue weighted by molar-refractivity contribution is -0.384. The van der Waals surface area contributed by atoms with E-state index in [9.17, 15) is 14.9 Å². The number of hydrogen-bond donors (Lipinski definition) is 2. The number of amides is 1. The van der Waals surface area contributed by atoms with E-state index in [-0.39, 0.29) is 10.6 Å². The Morgan fingerprint density at radius 2 is 1.93 bits per heavy atom. The summed E-state index contributed by atoms with van der Waals surface area (Å²) in [6.45, 7) is 1.94. The molecule has 0 bridgehead atoms. The van der Waals surface area contributed by atoms with Crippen LogP contribution in [0.2, 0.25) is 0 Å². The van der Waals surface area contributed by atoms with Crippen molar-refractivity contribution in [3.8, 4) is 0 Å². The van der Waals surface area contributed by atoms with Gasteiger partial charge in [-0.25, -0.2) is 5.48 Å². The highest BCUT2D eigenvalue weighted by Gasteiger charge is 2.25. The average molecular weight is 381 g/mol. The summed E-state index contributed by atoms with van der Waals surface area (Å²) in [6.07, 6.45) is 6.02. The lowest BCUT2D eigenvalue weighted by atomic mass is 10.0. The fraction of sp³-hybridized carbons (Fsp3) is 0.286. The Hall–Kier alpha value is -3.03. The van der Waals surface area contributed by atoms with E-state index in [2.05, 4.69) is 17.0 Å². The van der Waals surface area contributed by atoms with Crippen LogP contribution in [0.15, 0.2) is 54.6 Å². The Morgan fingerprint density at radius 3 is 2.57 bits per heavy atom. The van der Waals surface area contributed by atoms with E-state index in [1.165, 1.54) is 11.6 Å². The van der Waals surface area contributed by atoms with Crippen molar-refractivity contribution in [2.24, 2.45) is 0 Å². The van der Waals surface area contributed by atoms with Crippen LogP contribution in [0.5, 0.6) is 0 Å². The number of nitro benzene ring substituents is 1. The first-order chi connectivity index (χ1) is 13.6. The van der Waals surface area contributed by atoms with Crippen molar-refractivity contribution in [3.05, 3.63) is 81.4 Å². The Balaban J connectivity index is 1.60. The molecule has 1 fully saturated rings. The van der Waals surface area contributed by atoms with Crippen molar-refractivity contribution in [3.63, 3.8) is 0 Å². The molecule has 1 atom stereocenters. The minimum Gasteiger partial charge on any atom is -0.296 e. The van der Waals surface area contributed by atoms with E-state index in [4.69, 9.17) is 5.21 Å². The molecule has 0 aliphatic carbocycles. The molecule has 0 spiro atoms. The Kier molecular flexibility index (Phi) is 6.52. The predicted octanol–water partition coefficient (Wildman–Crippen LogP) is 3.49. The highest BCUT2D eigenvalue weighted by atomic mass is 16.6. The Morgan fingerprint density at radius 1 is 1.21 bits per heavy atom. The van der Waals surface area contributed by atoms with Crippen molar-refractivity contribution in [2.75, 3.05) is 13.1 Å². The molecule has 2 aromatic rings. The molecule has 1 unspecified atom stereocenters. The first-order valence-electron chi connectivity index (χ1n) is 9.26. The van der Waals surface area contributed by atoms with Gasteiger partial charge in [-0.15, -0.1) is 0 Å². The number of nitrogens with zero attached hydrogens (tertiary/aromatic N) is 2. The van der Waals surface area contributed by atoms with Crippen LogP contribution in [-0.4, -0.2) is 34.0 Å². The highest BCUT2D eigenvalue weighted by Crippen LogP contribution is 2.32. The van der Waals surface area contributed by atoms with Gasteiger partial charge >= 0.3 is 0 Å². The van der Waals surface area contributed by atoms with Crippen LogP contribution in [-0.2, 0) is 11.2 Å². The number of nitro groups is 1. The van der Waals surface area contributed by atoms with Crippen LogP contribution >= 0.6 is 0 Å². The zero-order valence-corrected chi connectivity index (χ0v) is 15.5. The predicted molar refractivity (Wildman–Crippen MR) is 106 cm³/mol. The minimum absolute atomic E-state index is 0.119. The zero-order valence-electron chi connectivity index (χ0n) is 15.5. The van der Waals surface area contributed by atoms with Crippen LogP contribution in [0.4, 0.5) is 5.69 Å². The van der Waals surface area contributed by atoms with E-state index in [1.807, 2.05) is 24.3 Å². The number of carbonyl (C=O) groups is 1. The summed E-state index contributed by atoms with van der Waals surface area (Å²) in [5.74, 6) is -0.558. The summed E-state index contributed by atoms with van der Waals surface area (Å²) >= 11 is 0. The number of non-ortho nitro benzene ring substituents is 1. The first-order valence-corrected chi connectivity index (χ1v) is 9.26. The number of hydrogen-bond acceptors (Lipinski definition) is 5. The molecule has 0 aromatic heterocycles. The highest BCUT2D eigenvalue weighted by molar-refractivity contribution is 5.90. The van der Waals surface area contributed by atoms with E-state index in [0.29, 0.717) is 6.04 Å². The van der Waals surface area contributed by atoms with Crippen LogP contribution in [0.3, 0.4) is 0 Å². The molecule has 1 aliphatic heterocycles. The fourth-order valence-electron chi connectivity index (χ4n) is 3.57. The lowest BCUT2D eigenvalue weighted by Gasteiger charge is -2.25. The second kappa shape index (κ2) is 9.25. The maximum atomic E-state index is 11.1. The van der Waals surface area contributed by atoms with Gasteiger partial charge in [0.25, 0.3) is 11.6 Å². The summed E-state index contributed by atoms with van der Waals surface area (Å²) < 4.78 is 0. The molecule has 0 saturated carbocycles. The minimum atomic E-state index is -0.558. The molecule has 146 valence electrons. The van der Waals surface area contributed by atoms with Crippen LogP contribution in [0.1, 0.15) is 35.6 Å². The Bertz CT molecular complexity index is 847. The first kappa shape index (κ1) is 19.7. The maximum Gasteiger partial charge on any atom is 0.269 e. The third-order valence-corrected chi connectivity index (χ3v) is 5.06. The van der Waals surface area contributed by atoms with Crippen LogP contribution in [0.25, 0.3) is 6.08 Å². The summed E-state index contributed by atoms with van der Waals surface area (Å²) in [7, 11) is 0. The van der Waals surface area contributed by atoms with Crippen molar-refractivity contribution in [2.45, 2.75) is 25.3 Å². The largest absolute Gasteiger partial charge is 0.296 e. The summed E-state index contributed by atoms with van der Waals surface area (Å²) in [6, 6.07) is 15.2. The van der Waals surface area contributed by atoms with Crippen LogP contribution in [0, 0.1) is 10.1 Å². The van der Waals surface area contributed by atoms with Crippen molar-refractivity contribution in [1.82, 2.24) is 10.4 Å². The Labute approximate surface area is 163 Å². The van der Waals surface area contributed by atoms with Gasteiger partial charge in [-0.05, 0) is 48.6 Å². The van der Waals surface area contributed by atoms with Crippen molar-refractivity contribution < 1.29 is 14.9 Å².